The molecule has 1 saturated heterocycles. The summed E-state index contributed by atoms with van der Waals surface area (Å²) in [7, 11) is 0. The third-order valence-electron chi connectivity index (χ3n) is 2.86. The van der Waals surface area contributed by atoms with Crippen LogP contribution in [-0.2, 0) is 6.42 Å². The lowest BCUT2D eigenvalue weighted by Crippen LogP contribution is -2.28. The standard InChI is InChI=1S/C12H19N3/c1-2-5-10-7-9-14-12(15-10)11-6-3-4-8-13-11/h7,9,11,13H,2-6,8H2,1H3. The van der Waals surface area contributed by atoms with Crippen molar-refractivity contribution in [3.63, 3.8) is 0 Å². The Morgan fingerprint density at radius 3 is 3.13 bits per heavy atom. The molecule has 1 aromatic rings. The first kappa shape index (κ1) is 10.6. The number of nitrogens with zero attached hydrogens (tertiary/aromatic N) is 2. The highest BCUT2D eigenvalue weighted by atomic mass is 15.0. The van der Waals surface area contributed by atoms with Crippen molar-refractivity contribution in [2.45, 2.75) is 45.1 Å². The first-order chi connectivity index (χ1) is 7.40. The van der Waals surface area contributed by atoms with Crippen molar-refractivity contribution in [3.8, 4) is 0 Å². The molecule has 0 aromatic carbocycles. The largest absolute Gasteiger partial charge is 0.307 e. The second kappa shape index (κ2) is 5.21. The zero-order valence-corrected chi connectivity index (χ0v) is 9.37. The molecule has 0 spiro atoms. The van der Waals surface area contributed by atoms with Gasteiger partial charge in [0.2, 0.25) is 0 Å². The molecule has 3 heteroatoms. The van der Waals surface area contributed by atoms with Crippen LogP contribution in [0.1, 0.15) is 50.2 Å². The van der Waals surface area contributed by atoms with Gasteiger partial charge >= 0.3 is 0 Å². The predicted molar refractivity (Wildman–Crippen MR) is 60.6 cm³/mol. The van der Waals surface area contributed by atoms with Crippen LogP contribution in [0.15, 0.2) is 12.3 Å². The maximum Gasteiger partial charge on any atom is 0.145 e. The average molecular weight is 205 g/mol. The van der Waals surface area contributed by atoms with E-state index in [1.807, 2.05) is 12.3 Å². The predicted octanol–water partition coefficient (Wildman–Crippen LogP) is 2.24. The van der Waals surface area contributed by atoms with Gasteiger partial charge in [-0.05, 0) is 31.9 Å². The molecule has 1 atom stereocenters. The SMILES string of the molecule is CCCc1ccnc(C2CCCCN2)n1. The monoisotopic (exact) mass is 205 g/mol. The zero-order valence-electron chi connectivity index (χ0n) is 9.37. The van der Waals surface area contributed by atoms with Gasteiger partial charge in [0.1, 0.15) is 5.82 Å². The summed E-state index contributed by atoms with van der Waals surface area (Å²) in [4.78, 5) is 8.98. The maximum atomic E-state index is 4.61. The first-order valence-corrected chi connectivity index (χ1v) is 5.95. The van der Waals surface area contributed by atoms with Gasteiger partial charge in [0.15, 0.2) is 0 Å². The van der Waals surface area contributed by atoms with E-state index in [2.05, 4.69) is 22.2 Å². The molecule has 0 bridgehead atoms. The molecule has 0 amide bonds. The summed E-state index contributed by atoms with van der Waals surface area (Å²) in [6, 6.07) is 2.41. The van der Waals surface area contributed by atoms with Crippen molar-refractivity contribution in [2.75, 3.05) is 6.54 Å². The van der Waals surface area contributed by atoms with Gasteiger partial charge in [0.05, 0.1) is 6.04 Å². The topological polar surface area (TPSA) is 37.8 Å². The van der Waals surface area contributed by atoms with Gasteiger partial charge in [-0.1, -0.05) is 19.8 Å². The van der Waals surface area contributed by atoms with Crippen LogP contribution in [0.3, 0.4) is 0 Å². The molecule has 1 aliphatic heterocycles. The molecule has 2 rings (SSSR count). The van der Waals surface area contributed by atoms with Gasteiger partial charge in [0, 0.05) is 11.9 Å². The van der Waals surface area contributed by atoms with E-state index in [1.54, 1.807) is 0 Å². The molecule has 0 saturated carbocycles. The van der Waals surface area contributed by atoms with Crippen molar-refractivity contribution in [2.24, 2.45) is 0 Å². The van der Waals surface area contributed by atoms with Crippen LogP contribution in [0.2, 0.25) is 0 Å². The highest BCUT2D eigenvalue weighted by Gasteiger charge is 2.17. The van der Waals surface area contributed by atoms with Crippen molar-refractivity contribution >= 4 is 0 Å². The van der Waals surface area contributed by atoms with Gasteiger partial charge in [0.25, 0.3) is 0 Å². The summed E-state index contributed by atoms with van der Waals surface area (Å²) < 4.78 is 0. The van der Waals surface area contributed by atoms with Gasteiger partial charge in [-0.25, -0.2) is 9.97 Å². The van der Waals surface area contributed by atoms with Crippen molar-refractivity contribution in [1.82, 2.24) is 15.3 Å². The number of aromatic nitrogens is 2. The fourth-order valence-electron chi connectivity index (χ4n) is 2.05. The molecule has 15 heavy (non-hydrogen) atoms. The summed E-state index contributed by atoms with van der Waals surface area (Å²) in [5.41, 5.74) is 1.18. The minimum Gasteiger partial charge on any atom is -0.307 e. The molecular formula is C12H19N3. The average Bonchev–Trinajstić information content (AvgIpc) is 2.31. The van der Waals surface area contributed by atoms with Gasteiger partial charge in [-0.3, -0.25) is 0 Å². The molecular weight excluding hydrogens is 186 g/mol. The maximum absolute atomic E-state index is 4.61. The molecule has 1 N–H and O–H groups in total. The Kier molecular flexibility index (Phi) is 3.67. The highest BCUT2D eigenvalue weighted by molar-refractivity contribution is 5.05. The van der Waals surface area contributed by atoms with E-state index in [1.165, 1.54) is 25.0 Å². The zero-order chi connectivity index (χ0) is 10.5. The smallest absolute Gasteiger partial charge is 0.145 e. The van der Waals surface area contributed by atoms with Gasteiger partial charge in [-0.15, -0.1) is 0 Å². The van der Waals surface area contributed by atoms with E-state index in [-0.39, 0.29) is 0 Å². The number of aryl methyl sites for hydroxylation is 1. The van der Waals surface area contributed by atoms with Crippen LogP contribution in [0.4, 0.5) is 0 Å². The second-order valence-electron chi connectivity index (χ2n) is 4.16. The third kappa shape index (κ3) is 2.75. The van der Waals surface area contributed by atoms with E-state index >= 15 is 0 Å². The van der Waals surface area contributed by atoms with Crippen molar-refractivity contribution < 1.29 is 0 Å². The Hall–Kier alpha value is -0.960. The molecule has 0 aliphatic carbocycles. The summed E-state index contributed by atoms with van der Waals surface area (Å²) in [5.74, 6) is 0.987. The Bertz CT molecular complexity index is 305. The van der Waals surface area contributed by atoms with Crippen LogP contribution in [0.25, 0.3) is 0 Å². The minimum atomic E-state index is 0.385. The van der Waals surface area contributed by atoms with Crippen LogP contribution in [0, 0.1) is 0 Å². The van der Waals surface area contributed by atoms with Crippen LogP contribution in [-0.4, -0.2) is 16.5 Å². The quantitative estimate of drug-likeness (QED) is 0.822. The van der Waals surface area contributed by atoms with E-state index in [0.29, 0.717) is 6.04 Å². The lowest BCUT2D eigenvalue weighted by molar-refractivity contribution is 0.396. The fourth-order valence-corrected chi connectivity index (χ4v) is 2.05. The van der Waals surface area contributed by atoms with Gasteiger partial charge in [-0.2, -0.15) is 0 Å². The van der Waals surface area contributed by atoms with Crippen LogP contribution >= 0.6 is 0 Å². The number of hydrogen-bond donors (Lipinski definition) is 1. The summed E-state index contributed by atoms with van der Waals surface area (Å²) in [6.45, 7) is 3.28. The normalized spacial score (nSPS) is 21.5. The third-order valence-corrected chi connectivity index (χ3v) is 2.86. The number of piperidine rings is 1. The Balaban J connectivity index is 2.09. The number of nitrogens with one attached hydrogen (secondary N) is 1. The molecule has 82 valence electrons. The van der Waals surface area contributed by atoms with E-state index in [9.17, 15) is 0 Å². The van der Waals surface area contributed by atoms with Crippen molar-refractivity contribution in [1.29, 1.82) is 0 Å². The molecule has 0 radical (unpaired) electrons. The highest BCUT2D eigenvalue weighted by Crippen LogP contribution is 2.19. The fraction of sp³-hybridized carbons (Fsp3) is 0.667. The van der Waals surface area contributed by atoms with E-state index in [0.717, 1.165) is 25.2 Å². The lowest BCUT2D eigenvalue weighted by Gasteiger charge is -2.22. The molecule has 3 nitrogen and oxygen atoms in total. The van der Waals surface area contributed by atoms with Gasteiger partial charge < -0.3 is 5.32 Å². The summed E-state index contributed by atoms with van der Waals surface area (Å²) in [5, 5.41) is 3.48. The van der Waals surface area contributed by atoms with Crippen LogP contribution in [0.5, 0.6) is 0 Å². The Morgan fingerprint density at radius 2 is 2.40 bits per heavy atom. The van der Waals surface area contributed by atoms with E-state index < -0.39 is 0 Å². The van der Waals surface area contributed by atoms with Crippen molar-refractivity contribution in [3.05, 3.63) is 23.8 Å². The molecule has 1 aromatic heterocycles. The van der Waals surface area contributed by atoms with Crippen LogP contribution < -0.4 is 5.32 Å². The molecule has 2 heterocycles. The number of rotatable bonds is 3. The Morgan fingerprint density at radius 1 is 1.47 bits per heavy atom. The summed E-state index contributed by atoms with van der Waals surface area (Å²) in [6.07, 6.45) is 7.85. The molecule has 1 fully saturated rings. The molecule has 1 aliphatic rings. The minimum absolute atomic E-state index is 0.385. The number of hydrogen-bond acceptors (Lipinski definition) is 3. The van der Waals surface area contributed by atoms with E-state index in [4.69, 9.17) is 0 Å². The lowest BCUT2D eigenvalue weighted by atomic mass is 10.0. The Labute approximate surface area is 91.3 Å². The first-order valence-electron chi connectivity index (χ1n) is 5.95. The second-order valence-corrected chi connectivity index (χ2v) is 4.16. The summed E-state index contributed by atoms with van der Waals surface area (Å²) >= 11 is 0. The molecule has 1 unspecified atom stereocenters.